The highest BCUT2D eigenvalue weighted by atomic mass is 35.5. The Morgan fingerprint density at radius 2 is 2.13 bits per heavy atom. The second kappa shape index (κ2) is 3.07. The van der Waals surface area contributed by atoms with Gasteiger partial charge >= 0.3 is 0 Å². The lowest BCUT2D eigenvalue weighted by atomic mass is 10.2. The molecule has 76 valence electrons. The van der Waals surface area contributed by atoms with Crippen molar-refractivity contribution in [1.82, 2.24) is 9.55 Å². The van der Waals surface area contributed by atoms with E-state index >= 15 is 0 Å². The molecule has 0 atom stereocenters. The molecule has 1 fully saturated rings. The van der Waals surface area contributed by atoms with Crippen molar-refractivity contribution in [1.29, 1.82) is 0 Å². The van der Waals surface area contributed by atoms with Crippen molar-refractivity contribution < 1.29 is 0 Å². The lowest BCUT2D eigenvalue weighted by Gasteiger charge is -2.04. The molecule has 0 amide bonds. The lowest BCUT2D eigenvalue weighted by molar-refractivity contribution is 0.713. The van der Waals surface area contributed by atoms with Gasteiger partial charge in [-0.05, 0) is 31.0 Å². The van der Waals surface area contributed by atoms with E-state index in [1.54, 1.807) is 10.6 Å². The van der Waals surface area contributed by atoms with Crippen LogP contribution in [-0.4, -0.2) is 9.55 Å². The first kappa shape index (κ1) is 8.92. The van der Waals surface area contributed by atoms with Crippen LogP contribution in [0.15, 0.2) is 29.2 Å². The minimum absolute atomic E-state index is 0.0301. The van der Waals surface area contributed by atoms with Gasteiger partial charge in [-0.3, -0.25) is 4.79 Å². The summed E-state index contributed by atoms with van der Waals surface area (Å²) in [5.41, 5.74) is 0.439. The highest BCUT2D eigenvalue weighted by Gasteiger charge is 2.24. The van der Waals surface area contributed by atoms with Gasteiger partial charge in [-0.15, -0.1) is 0 Å². The summed E-state index contributed by atoms with van der Waals surface area (Å²) in [5.74, 6) is 0. The van der Waals surface area contributed by atoms with Crippen LogP contribution in [-0.2, 0) is 0 Å². The zero-order chi connectivity index (χ0) is 10.4. The molecule has 0 unspecified atom stereocenters. The van der Waals surface area contributed by atoms with Crippen molar-refractivity contribution in [3.05, 3.63) is 39.9 Å². The van der Waals surface area contributed by atoms with E-state index in [2.05, 4.69) is 4.98 Å². The zero-order valence-corrected chi connectivity index (χ0v) is 8.74. The number of halogens is 1. The lowest BCUT2D eigenvalue weighted by Crippen LogP contribution is -2.19. The van der Waals surface area contributed by atoms with Crippen LogP contribution in [0.5, 0.6) is 0 Å². The van der Waals surface area contributed by atoms with E-state index in [-0.39, 0.29) is 5.56 Å². The van der Waals surface area contributed by atoms with Crippen LogP contribution >= 0.6 is 11.6 Å². The third kappa shape index (κ3) is 1.43. The highest BCUT2D eigenvalue weighted by Crippen LogP contribution is 2.33. The van der Waals surface area contributed by atoms with Crippen molar-refractivity contribution in [3.8, 4) is 0 Å². The molecule has 2 aromatic heterocycles. The van der Waals surface area contributed by atoms with E-state index in [1.807, 2.05) is 18.3 Å². The molecule has 4 heteroatoms. The van der Waals surface area contributed by atoms with Crippen LogP contribution in [0, 0.1) is 0 Å². The Morgan fingerprint density at radius 1 is 1.33 bits per heavy atom. The largest absolute Gasteiger partial charge is 0.311 e. The summed E-state index contributed by atoms with van der Waals surface area (Å²) >= 11 is 5.78. The van der Waals surface area contributed by atoms with Crippen molar-refractivity contribution >= 4 is 22.5 Å². The fourth-order valence-corrected chi connectivity index (χ4v) is 1.89. The summed E-state index contributed by atoms with van der Waals surface area (Å²) in [6.45, 7) is 0. The molecule has 0 radical (unpaired) electrons. The fraction of sp³-hybridized carbons (Fsp3) is 0.273. The monoisotopic (exact) mass is 220 g/mol. The first-order valence-electron chi connectivity index (χ1n) is 4.93. The van der Waals surface area contributed by atoms with Crippen LogP contribution in [0.1, 0.15) is 18.9 Å². The third-order valence-electron chi connectivity index (χ3n) is 2.68. The smallest absolute Gasteiger partial charge is 0.277 e. The summed E-state index contributed by atoms with van der Waals surface area (Å²) in [6.07, 6.45) is 4.02. The molecule has 0 aliphatic heterocycles. The number of hydrogen-bond donors (Lipinski definition) is 0. The van der Waals surface area contributed by atoms with Gasteiger partial charge in [-0.2, -0.15) is 0 Å². The van der Waals surface area contributed by atoms with Crippen molar-refractivity contribution in [2.24, 2.45) is 0 Å². The maximum absolute atomic E-state index is 12.0. The molecule has 2 heterocycles. The van der Waals surface area contributed by atoms with Gasteiger partial charge < -0.3 is 4.57 Å². The predicted octanol–water partition coefficient (Wildman–Crippen LogP) is 2.38. The Bertz CT molecular complexity index is 587. The molecule has 0 aromatic carbocycles. The average Bonchev–Trinajstić information content (AvgIpc) is 3.03. The van der Waals surface area contributed by atoms with Crippen molar-refractivity contribution in [2.45, 2.75) is 18.9 Å². The van der Waals surface area contributed by atoms with Crippen LogP contribution in [0.4, 0.5) is 0 Å². The van der Waals surface area contributed by atoms with E-state index in [9.17, 15) is 4.79 Å². The first-order chi connectivity index (χ1) is 7.25. The number of nitrogens with zero attached hydrogens (tertiary/aromatic N) is 2. The Balaban J connectivity index is 2.35. The van der Waals surface area contributed by atoms with Gasteiger partial charge in [-0.25, -0.2) is 4.98 Å². The Kier molecular flexibility index (Phi) is 1.83. The van der Waals surface area contributed by atoms with Crippen LogP contribution < -0.4 is 5.56 Å². The molecule has 1 aliphatic carbocycles. The quantitative estimate of drug-likeness (QED) is 0.692. The molecule has 0 saturated heterocycles. The second-order valence-electron chi connectivity index (χ2n) is 3.83. The van der Waals surface area contributed by atoms with Gasteiger partial charge in [0.05, 0.1) is 0 Å². The minimum Gasteiger partial charge on any atom is -0.311 e. The SMILES string of the molecule is O=c1c2nc(Cl)ccc2ccn1C1CC1. The van der Waals surface area contributed by atoms with E-state index < -0.39 is 0 Å². The molecular formula is C11H9ClN2O. The van der Waals surface area contributed by atoms with Gasteiger partial charge in [0.1, 0.15) is 10.7 Å². The topological polar surface area (TPSA) is 34.9 Å². The van der Waals surface area contributed by atoms with Gasteiger partial charge in [0.15, 0.2) is 0 Å². The molecule has 1 aliphatic rings. The summed E-state index contributed by atoms with van der Waals surface area (Å²) in [7, 11) is 0. The highest BCUT2D eigenvalue weighted by molar-refractivity contribution is 6.29. The molecule has 0 bridgehead atoms. The van der Waals surface area contributed by atoms with Crippen LogP contribution in [0.2, 0.25) is 5.15 Å². The van der Waals surface area contributed by atoms with Crippen LogP contribution in [0.25, 0.3) is 10.9 Å². The van der Waals surface area contributed by atoms with Gasteiger partial charge in [-0.1, -0.05) is 11.6 Å². The van der Waals surface area contributed by atoms with Gasteiger partial charge in [0, 0.05) is 17.6 Å². The number of aromatic nitrogens is 2. The predicted molar refractivity (Wildman–Crippen MR) is 59.3 cm³/mol. The van der Waals surface area contributed by atoms with Crippen LogP contribution in [0.3, 0.4) is 0 Å². The summed E-state index contributed by atoms with van der Waals surface area (Å²) in [4.78, 5) is 16.1. The van der Waals surface area contributed by atoms with Crippen molar-refractivity contribution in [2.75, 3.05) is 0 Å². The number of pyridine rings is 2. The first-order valence-corrected chi connectivity index (χ1v) is 5.31. The number of hydrogen-bond acceptors (Lipinski definition) is 2. The van der Waals surface area contributed by atoms with E-state index in [4.69, 9.17) is 11.6 Å². The van der Waals surface area contributed by atoms with E-state index in [0.717, 1.165) is 18.2 Å². The van der Waals surface area contributed by atoms with Gasteiger partial charge in [0.25, 0.3) is 5.56 Å². The maximum atomic E-state index is 12.0. The fourth-order valence-electron chi connectivity index (χ4n) is 1.74. The Labute approximate surface area is 91.3 Å². The third-order valence-corrected chi connectivity index (χ3v) is 2.90. The molecule has 15 heavy (non-hydrogen) atoms. The molecule has 3 rings (SSSR count). The summed E-state index contributed by atoms with van der Waals surface area (Å²) in [5, 5.41) is 1.22. The standard InChI is InChI=1S/C11H9ClN2O/c12-9-4-1-7-5-6-14(8-2-3-8)11(15)10(7)13-9/h1,4-6,8H,2-3H2. The summed E-state index contributed by atoms with van der Waals surface area (Å²) < 4.78 is 1.76. The molecule has 0 N–H and O–H groups in total. The Morgan fingerprint density at radius 3 is 2.87 bits per heavy atom. The molecule has 2 aromatic rings. The average molecular weight is 221 g/mol. The van der Waals surface area contributed by atoms with Gasteiger partial charge in [0.2, 0.25) is 0 Å². The second-order valence-corrected chi connectivity index (χ2v) is 4.22. The molecule has 0 spiro atoms. The summed E-state index contributed by atoms with van der Waals surface area (Å²) in [6, 6.07) is 5.81. The number of rotatable bonds is 1. The number of fused-ring (bicyclic) bond motifs is 1. The van der Waals surface area contributed by atoms with Crippen molar-refractivity contribution in [3.63, 3.8) is 0 Å². The molecular weight excluding hydrogens is 212 g/mol. The maximum Gasteiger partial charge on any atom is 0.277 e. The zero-order valence-electron chi connectivity index (χ0n) is 7.98. The normalized spacial score (nSPS) is 15.8. The van der Waals surface area contributed by atoms with E-state index in [1.165, 1.54) is 0 Å². The van der Waals surface area contributed by atoms with E-state index in [0.29, 0.717) is 16.7 Å². The Hall–Kier alpha value is -1.35. The molecule has 3 nitrogen and oxygen atoms in total. The minimum atomic E-state index is -0.0301. The molecule has 1 saturated carbocycles.